The Morgan fingerprint density at radius 3 is 3.00 bits per heavy atom. The van der Waals surface area contributed by atoms with Gasteiger partial charge in [0.15, 0.2) is 0 Å². The molecule has 0 radical (unpaired) electrons. The molecule has 0 aliphatic heterocycles. The highest BCUT2D eigenvalue weighted by Gasteiger charge is 1.98. The van der Waals surface area contributed by atoms with Gasteiger partial charge in [0, 0.05) is 4.11 Å². The summed E-state index contributed by atoms with van der Waals surface area (Å²) in [7, 11) is 0. The Morgan fingerprint density at radius 1 is 1.67 bits per heavy atom. The fraction of sp³-hybridized carbons (Fsp3) is 0.143. The van der Waals surface area contributed by atoms with Crippen LogP contribution in [-0.4, -0.2) is 0 Å². The van der Waals surface area contributed by atoms with Crippen LogP contribution < -0.4 is 0 Å². The molecule has 0 aromatic heterocycles. The van der Waals surface area contributed by atoms with Crippen molar-refractivity contribution in [3.05, 3.63) is 34.1 Å². The summed E-state index contributed by atoms with van der Waals surface area (Å²) in [6.45, 7) is -2.38. The molecule has 0 heterocycles. The fourth-order valence-corrected chi connectivity index (χ4v) is 0.870. The molecule has 1 aromatic rings. The van der Waals surface area contributed by atoms with Gasteiger partial charge in [-0.05, 0) is 34.4 Å². The molecular weight excluding hydrogens is 183 g/mol. The van der Waals surface area contributed by atoms with Crippen molar-refractivity contribution in [2.24, 2.45) is 0 Å². The molecule has 0 aliphatic rings. The summed E-state index contributed by atoms with van der Waals surface area (Å²) in [6, 6.07) is 4.21. The Morgan fingerprint density at radius 2 is 2.44 bits per heavy atom. The predicted molar refractivity (Wildman–Crippen MR) is 38.8 cm³/mol. The van der Waals surface area contributed by atoms with E-state index in [0.29, 0.717) is 0 Å². The van der Waals surface area contributed by atoms with E-state index in [1.165, 1.54) is 18.2 Å². The lowest BCUT2D eigenvalue weighted by Gasteiger charge is -1.95. The van der Waals surface area contributed by atoms with Gasteiger partial charge in [0.25, 0.3) is 0 Å². The second-order valence-corrected chi connectivity index (χ2v) is 2.46. The van der Waals surface area contributed by atoms with Gasteiger partial charge in [0.2, 0.25) is 0 Å². The molecule has 0 amide bonds. The Hall–Kier alpha value is -0.370. The molecule has 0 atom stereocenters. The van der Waals surface area contributed by atoms with Crippen LogP contribution in [0.2, 0.25) is 0 Å². The number of rotatable bonds is 0. The van der Waals surface area contributed by atoms with Gasteiger partial charge < -0.3 is 0 Å². The van der Waals surface area contributed by atoms with Crippen LogP contribution in [0.5, 0.6) is 0 Å². The Bertz CT molecular complexity index is 295. The fourth-order valence-electron chi connectivity index (χ4n) is 0.504. The highest BCUT2D eigenvalue weighted by atomic mass is 79.9. The van der Waals surface area contributed by atoms with Gasteiger partial charge in [-0.15, -0.1) is 0 Å². The minimum absolute atomic E-state index is 0.177. The van der Waals surface area contributed by atoms with Crippen LogP contribution in [0.3, 0.4) is 0 Å². The molecular formula is C7H6BrF. The van der Waals surface area contributed by atoms with Crippen LogP contribution in [0, 0.1) is 12.7 Å². The molecule has 0 saturated heterocycles. The molecule has 1 rings (SSSR count). The zero-order valence-electron chi connectivity index (χ0n) is 7.49. The monoisotopic (exact) mass is 191 g/mol. The molecule has 9 heavy (non-hydrogen) atoms. The van der Waals surface area contributed by atoms with Crippen molar-refractivity contribution in [1.29, 1.82) is 0 Å². The smallest absolute Gasteiger partial charge is 0.140 e. The van der Waals surface area contributed by atoms with E-state index in [9.17, 15) is 4.39 Å². The van der Waals surface area contributed by atoms with Crippen molar-refractivity contribution in [3.63, 3.8) is 0 Å². The van der Waals surface area contributed by atoms with Gasteiger partial charge in [0.05, 0.1) is 4.47 Å². The van der Waals surface area contributed by atoms with Gasteiger partial charge in [0.1, 0.15) is 5.82 Å². The van der Waals surface area contributed by atoms with E-state index >= 15 is 0 Å². The number of halogens is 2. The summed E-state index contributed by atoms with van der Waals surface area (Å²) in [6.07, 6.45) is 0. The van der Waals surface area contributed by atoms with Crippen molar-refractivity contribution in [3.8, 4) is 0 Å². The second-order valence-electron chi connectivity index (χ2n) is 1.60. The average molecular weight is 192 g/mol. The first-order chi connectivity index (χ1) is 5.43. The van der Waals surface area contributed by atoms with Crippen molar-refractivity contribution >= 4 is 15.9 Å². The molecule has 0 N–H and O–H groups in total. The van der Waals surface area contributed by atoms with Crippen LogP contribution in [0.1, 0.15) is 9.68 Å². The lowest BCUT2D eigenvalue weighted by Crippen LogP contribution is -1.80. The minimum Gasteiger partial charge on any atom is -0.205 e. The third kappa shape index (κ3) is 1.30. The van der Waals surface area contributed by atoms with E-state index < -0.39 is 12.7 Å². The molecule has 0 fully saturated rings. The Labute approximate surface area is 66.0 Å². The van der Waals surface area contributed by atoms with Crippen molar-refractivity contribution in [2.75, 3.05) is 0 Å². The number of benzene rings is 1. The molecule has 0 bridgehead atoms. The third-order valence-electron chi connectivity index (χ3n) is 0.952. The maximum absolute atomic E-state index is 13.1. The summed E-state index contributed by atoms with van der Waals surface area (Å²) in [4.78, 5) is 0. The maximum atomic E-state index is 13.1. The van der Waals surface area contributed by atoms with Crippen molar-refractivity contribution in [1.82, 2.24) is 0 Å². The third-order valence-corrected chi connectivity index (χ3v) is 1.56. The quantitative estimate of drug-likeness (QED) is 0.592. The zero-order valence-corrected chi connectivity index (χ0v) is 6.07. The summed E-state index contributed by atoms with van der Waals surface area (Å²) in [5.74, 6) is -0.711. The van der Waals surface area contributed by atoms with Crippen LogP contribution >= 0.6 is 15.9 Å². The van der Waals surface area contributed by atoms with Crippen molar-refractivity contribution in [2.45, 2.75) is 6.85 Å². The molecule has 0 aliphatic carbocycles. The van der Waals surface area contributed by atoms with E-state index in [1.807, 2.05) is 0 Å². The van der Waals surface area contributed by atoms with Crippen LogP contribution in [0.4, 0.5) is 4.39 Å². The highest BCUT2D eigenvalue weighted by molar-refractivity contribution is 9.10. The normalized spacial score (nSPS) is 16.0. The van der Waals surface area contributed by atoms with Crippen molar-refractivity contribution < 1.29 is 8.50 Å². The minimum atomic E-state index is -2.38. The summed E-state index contributed by atoms with van der Waals surface area (Å²) in [5.41, 5.74) is -0.253. The van der Waals surface area contributed by atoms with E-state index in [0.717, 1.165) is 0 Å². The second kappa shape index (κ2) is 2.48. The number of hydrogen-bond donors (Lipinski definition) is 0. The van der Waals surface area contributed by atoms with Crippen LogP contribution in [-0.2, 0) is 0 Å². The van der Waals surface area contributed by atoms with E-state index in [1.54, 1.807) is 0 Å². The summed E-state index contributed by atoms with van der Waals surface area (Å²) >= 11 is 2.91. The van der Waals surface area contributed by atoms with Gasteiger partial charge in [-0.1, -0.05) is 12.1 Å². The Balaban J connectivity index is 3.26. The highest BCUT2D eigenvalue weighted by Crippen LogP contribution is 2.16. The predicted octanol–water partition coefficient (Wildman–Crippen LogP) is 2.90. The standard InChI is InChI=1S/C7H6BrF/c1-5-3-2-4-6(8)7(5)9/h2-4H,1H3/i1D3. The SMILES string of the molecule is [2H]C([2H])([2H])c1cccc(Br)c1F. The molecule has 0 saturated carbocycles. The first-order valence-corrected chi connectivity index (χ1v) is 3.16. The summed E-state index contributed by atoms with van der Waals surface area (Å²) in [5, 5.41) is 0. The number of aryl methyl sites for hydroxylation is 1. The first kappa shape index (κ1) is 3.71. The lowest BCUT2D eigenvalue weighted by molar-refractivity contribution is 0.612. The van der Waals surface area contributed by atoms with Gasteiger partial charge >= 0.3 is 0 Å². The molecule has 1 aromatic carbocycles. The van der Waals surface area contributed by atoms with E-state index in [4.69, 9.17) is 4.11 Å². The first-order valence-electron chi connectivity index (χ1n) is 3.87. The average Bonchev–Trinajstić information content (AvgIpc) is 1.92. The molecule has 2 heteroatoms. The largest absolute Gasteiger partial charge is 0.205 e. The van der Waals surface area contributed by atoms with Crippen LogP contribution in [0.25, 0.3) is 0 Å². The maximum Gasteiger partial charge on any atom is 0.140 e. The van der Waals surface area contributed by atoms with Gasteiger partial charge in [-0.2, -0.15) is 0 Å². The van der Waals surface area contributed by atoms with Gasteiger partial charge in [-0.25, -0.2) is 4.39 Å². The van der Waals surface area contributed by atoms with Gasteiger partial charge in [-0.3, -0.25) is 0 Å². The molecule has 0 nitrogen and oxygen atoms in total. The summed E-state index contributed by atoms with van der Waals surface area (Å²) < 4.78 is 34.2. The molecule has 0 unspecified atom stereocenters. The van der Waals surface area contributed by atoms with E-state index in [2.05, 4.69) is 15.9 Å². The molecule has 0 spiro atoms. The van der Waals surface area contributed by atoms with Crippen LogP contribution in [0.15, 0.2) is 22.7 Å². The lowest BCUT2D eigenvalue weighted by atomic mass is 10.2. The number of hydrogen-bond acceptors (Lipinski definition) is 0. The molecule has 48 valence electrons. The Kier molecular flexibility index (Phi) is 1.02. The zero-order chi connectivity index (χ0) is 9.35. The topological polar surface area (TPSA) is 0 Å². The van der Waals surface area contributed by atoms with E-state index in [-0.39, 0.29) is 10.0 Å².